The predicted molar refractivity (Wildman–Crippen MR) is 116 cm³/mol. The summed E-state index contributed by atoms with van der Waals surface area (Å²) in [7, 11) is 0. The van der Waals surface area contributed by atoms with Crippen LogP contribution in [0.5, 0.6) is 0 Å². The number of hydrogen-bond donors (Lipinski definition) is 0. The minimum atomic E-state index is -0.381. The first-order valence-corrected chi connectivity index (χ1v) is 11.0. The number of rotatable bonds is 2. The van der Waals surface area contributed by atoms with Gasteiger partial charge in [0.25, 0.3) is 0 Å². The molecule has 1 heterocycles. The van der Waals surface area contributed by atoms with Crippen molar-refractivity contribution in [1.29, 1.82) is 0 Å². The fourth-order valence-corrected chi connectivity index (χ4v) is 5.68. The van der Waals surface area contributed by atoms with Gasteiger partial charge in [0.2, 0.25) is 0 Å². The van der Waals surface area contributed by atoms with E-state index in [2.05, 4.69) is 60.7 Å². The Morgan fingerprint density at radius 1 is 0.828 bits per heavy atom. The van der Waals surface area contributed by atoms with Gasteiger partial charge in [-0.15, -0.1) is 0 Å². The SMILES string of the molecule is O=C1OC2=C(CCCC2=Cc2ccccc2)C(c2ccccc2)C12CCCCC2. The lowest BCUT2D eigenvalue weighted by atomic mass is 9.59. The summed E-state index contributed by atoms with van der Waals surface area (Å²) in [5, 5.41) is 0. The summed E-state index contributed by atoms with van der Waals surface area (Å²) in [5.41, 5.74) is 4.60. The minimum absolute atomic E-state index is 0.00525. The third-order valence-corrected chi connectivity index (χ3v) is 7.00. The van der Waals surface area contributed by atoms with E-state index in [0.717, 1.165) is 50.7 Å². The van der Waals surface area contributed by atoms with Gasteiger partial charge >= 0.3 is 5.97 Å². The standard InChI is InChI=1S/C27H28O2/c28-26-27(17-8-3-9-18-27)24(21-13-6-2-7-14-21)23-16-10-15-22(25(23)29-26)19-20-11-4-1-5-12-20/h1-2,4-7,11-14,19,24H,3,8-10,15-18H2. The van der Waals surface area contributed by atoms with Gasteiger partial charge in [0.15, 0.2) is 0 Å². The molecule has 0 aromatic heterocycles. The number of allylic oxidation sites excluding steroid dienone is 2. The zero-order valence-electron chi connectivity index (χ0n) is 16.9. The molecule has 148 valence electrons. The number of esters is 1. The lowest BCUT2D eigenvalue weighted by molar-refractivity contribution is -0.157. The normalized spacial score (nSPS) is 25.0. The average Bonchev–Trinajstić information content (AvgIpc) is 2.77. The lowest BCUT2D eigenvalue weighted by Gasteiger charge is -2.47. The summed E-state index contributed by atoms with van der Waals surface area (Å²) >= 11 is 0. The summed E-state index contributed by atoms with van der Waals surface area (Å²) in [5.74, 6) is 1.03. The fraction of sp³-hybridized carbons (Fsp3) is 0.370. The summed E-state index contributed by atoms with van der Waals surface area (Å²) < 4.78 is 6.19. The zero-order chi connectivity index (χ0) is 19.7. The van der Waals surface area contributed by atoms with Crippen LogP contribution in [0.15, 0.2) is 77.6 Å². The highest BCUT2D eigenvalue weighted by atomic mass is 16.5. The van der Waals surface area contributed by atoms with Gasteiger partial charge in [0, 0.05) is 5.92 Å². The van der Waals surface area contributed by atoms with E-state index in [1.54, 1.807) is 0 Å². The number of carbonyl (C=O) groups is 1. The van der Waals surface area contributed by atoms with Crippen molar-refractivity contribution in [2.45, 2.75) is 57.3 Å². The Bertz CT molecular complexity index is 947. The first kappa shape index (κ1) is 18.4. The van der Waals surface area contributed by atoms with Gasteiger partial charge in [-0.1, -0.05) is 79.9 Å². The Morgan fingerprint density at radius 2 is 1.52 bits per heavy atom. The van der Waals surface area contributed by atoms with E-state index in [9.17, 15) is 4.79 Å². The van der Waals surface area contributed by atoms with Crippen molar-refractivity contribution in [3.8, 4) is 0 Å². The van der Waals surface area contributed by atoms with Crippen molar-refractivity contribution in [2.24, 2.45) is 5.41 Å². The van der Waals surface area contributed by atoms with Crippen LogP contribution in [0.3, 0.4) is 0 Å². The monoisotopic (exact) mass is 384 g/mol. The van der Waals surface area contributed by atoms with Gasteiger partial charge in [-0.3, -0.25) is 4.79 Å². The third kappa shape index (κ3) is 3.25. The van der Waals surface area contributed by atoms with Crippen LogP contribution in [0.1, 0.15) is 68.4 Å². The second-order valence-electron chi connectivity index (χ2n) is 8.74. The first-order chi connectivity index (χ1) is 14.3. The van der Waals surface area contributed by atoms with Crippen LogP contribution >= 0.6 is 0 Å². The molecule has 2 heteroatoms. The molecule has 0 saturated heterocycles. The Hall–Kier alpha value is -2.61. The molecule has 2 nitrogen and oxygen atoms in total. The molecule has 1 saturated carbocycles. The van der Waals surface area contributed by atoms with Gasteiger partial charge in [-0.05, 0) is 60.5 Å². The highest BCUT2D eigenvalue weighted by molar-refractivity contribution is 5.83. The van der Waals surface area contributed by atoms with Gasteiger partial charge in [-0.25, -0.2) is 0 Å². The van der Waals surface area contributed by atoms with Crippen LogP contribution < -0.4 is 0 Å². The van der Waals surface area contributed by atoms with E-state index in [1.165, 1.54) is 28.7 Å². The Balaban J connectivity index is 1.66. The molecule has 3 aliphatic rings. The van der Waals surface area contributed by atoms with E-state index in [-0.39, 0.29) is 17.3 Å². The van der Waals surface area contributed by atoms with E-state index < -0.39 is 0 Å². The molecular formula is C27H28O2. The summed E-state index contributed by atoms with van der Waals surface area (Å²) in [4.78, 5) is 13.5. The first-order valence-electron chi connectivity index (χ1n) is 11.0. The van der Waals surface area contributed by atoms with Crippen molar-refractivity contribution in [3.63, 3.8) is 0 Å². The molecule has 1 atom stereocenters. The van der Waals surface area contributed by atoms with Gasteiger partial charge < -0.3 is 4.74 Å². The maximum atomic E-state index is 13.5. The van der Waals surface area contributed by atoms with E-state index >= 15 is 0 Å². The van der Waals surface area contributed by atoms with Crippen molar-refractivity contribution >= 4 is 12.0 Å². The van der Waals surface area contributed by atoms with Crippen molar-refractivity contribution in [2.75, 3.05) is 0 Å². The number of benzene rings is 2. The number of ether oxygens (including phenoxy) is 1. The quantitative estimate of drug-likeness (QED) is 0.532. The van der Waals surface area contributed by atoms with Crippen molar-refractivity contribution in [1.82, 2.24) is 0 Å². The maximum absolute atomic E-state index is 13.5. The molecule has 0 amide bonds. The van der Waals surface area contributed by atoms with E-state index in [4.69, 9.17) is 4.74 Å². The predicted octanol–water partition coefficient (Wildman–Crippen LogP) is 6.80. The van der Waals surface area contributed by atoms with Crippen LogP contribution in [0.4, 0.5) is 0 Å². The number of hydrogen-bond acceptors (Lipinski definition) is 2. The molecule has 0 N–H and O–H groups in total. The van der Waals surface area contributed by atoms with Crippen molar-refractivity contribution in [3.05, 3.63) is 88.7 Å². The summed E-state index contributed by atoms with van der Waals surface area (Å²) in [6.45, 7) is 0. The minimum Gasteiger partial charge on any atom is -0.426 e. The largest absolute Gasteiger partial charge is 0.426 e. The lowest BCUT2D eigenvalue weighted by Crippen LogP contribution is -2.45. The van der Waals surface area contributed by atoms with E-state index in [1.807, 2.05) is 6.07 Å². The Labute approximate surface area is 173 Å². The maximum Gasteiger partial charge on any atom is 0.318 e. The average molecular weight is 385 g/mol. The van der Waals surface area contributed by atoms with Gasteiger partial charge in [0.1, 0.15) is 5.76 Å². The molecule has 2 aliphatic carbocycles. The third-order valence-electron chi connectivity index (χ3n) is 7.00. The molecule has 1 unspecified atom stereocenters. The van der Waals surface area contributed by atoms with Crippen LogP contribution in [0, 0.1) is 5.41 Å². The topological polar surface area (TPSA) is 26.3 Å². The van der Waals surface area contributed by atoms with Gasteiger partial charge in [-0.2, -0.15) is 0 Å². The molecule has 2 aromatic carbocycles. The van der Waals surface area contributed by atoms with Crippen molar-refractivity contribution < 1.29 is 9.53 Å². The molecule has 0 bridgehead atoms. The van der Waals surface area contributed by atoms with E-state index in [0.29, 0.717) is 0 Å². The van der Waals surface area contributed by atoms with Gasteiger partial charge in [0.05, 0.1) is 5.41 Å². The van der Waals surface area contributed by atoms with Crippen LogP contribution in [-0.4, -0.2) is 5.97 Å². The number of carbonyl (C=O) groups excluding carboxylic acids is 1. The molecular weight excluding hydrogens is 356 g/mol. The highest BCUT2D eigenvalue weighted by Crippen LogP contribution is 2.57. The molecule has 29 heavy (non-hydrogen) atoms. The molecule has 1 aliphatic heterocycles. The zero-order valence-corrected chi connectivity index (χ0v) is 16.9. The van der Waals surface area contributed by atoms with Crippen LogP contribution in [0.25, 0.3) is 6.08 Å². The smallest absolute Gasteiger partial charge is 0.318 e. The Morgan fingerprint density at radius 3 is 2.24 bits per heavy atom. The highest BCUT2D eigenvalue weighted by Gasteiger charge is 2.53. The fourth-order valence-electron chi connectivity index (χ4n) is 5.68. The van der Waals surface area contributed by atoms with Crippen LogP contribution in [0.2, 0.25) is 0 Å². The second kappa shape index (κ2) is 7.67. The Kier molecular flexibility index (Phi) is 4.87. The molecule has 1 spiro atoms. The summed E-state index contributed by atoms with van der Waals surface area (Å²) in [6.07, 6.45) is 10.7. The second-order valence-corrected chi connectivity index (χ2v) is 8.74. The molecule has 2 aromatic rings. The summed E-state index contributed by atoms with van der Waals surface area (Å²) in [6, 6.07) is 21.1. The molecule has 5 rings (SSSR count). The molecule has 0 radical (unpaired) electrons. The van der Waals surface area contributed by atoms with Crippen LogP contribution in [-0.2, 0) is 9.53 Å². The molecule has 1 fully saturated rings.